The molecule has 1 heterocycles. The van der Waals surface area contributed by atoms with Crippen LogP contribution in [0.5, 0.6) is 0 Å². The minimum Gasteiger partial charge on any atom is -0.364 e. The zero-order valence-electron chi connectivity index (χ0n) is 21.7. The number of aromatic nitrogens is 3. The van der Waals surface area contributed by atoms with Crippen LogP contribution in [0.15, 0.2) is 14.4 Å². The Labute approximate surface area is 195 Å². The summed E-state index contributed by atoms with van der Waals surface area (Å²) < 4.78 is 8.71. The number of ether oxygens (including phenoxy) is 1. The van der Waals surface area contributed by atoms with E-state index in [4.69, 9.17) is 4.74 Å². The highest BCUT2D eigenvalue weighted by Crippen LogP contribution is 2.27. The van der Waals surface area contributed by atoms with Gasteiger partial charge in [-0.2, -0.15) is 0 Å². The van der Waals surface area contributed by atoms with Gasteiger partial charge in [0, 0.05) is 20.2 Å². The fraction of sp³-hybridized carbons (Fsp3) is 0.870. The zero-order valence-corrected chi connectivity index (χ0v) is 23.7. The van der Waals surface area contributed by atoms with Crippen molar-refractivity contribution in [1.82, 2.24) is 13.7 Å². The number of nitrogens with zero attached hydrogens (tertiary/aromatic N) is 3. The highest BCUT2D eigenvalue weighted by atomic mass is 28.3. The summed E-state index contributed by atoms with van der Waals surface area (Å²) in [5, 5.41) is 0. The number of hydrogen-bond donors (Lipinski definition) is 0. The van der Waals surface area contributed by atoms with E-state index in [9.17, 15) is 14.4 Å². The molecule has 9 heteroatoms. The molecular formula is C23H47N3O4Si2. The number of rotatable bonds is 16. The molecule has 186 valence electrons. The first kappa shape index (κ1) is 28.8. The summed E-state index contributed by atoms with van der Waals surface area (Å²) in [5.74, 6) is 0. The van der Waals surface area contributed by atoms with Crippen LogP contribution in [-0.2, 0) is 24.6 Å². The predicted molar refractivity (Wildman–Crippen MR) is 139 cm³/mol. The van der Waals surface area contributed by atoms with E-state index in [0.717, 1.165) is 29.5 Å². The predicted octanol–water partition coefficient (Wildman–Crippen LogP) is 4.57. The second-order valence-corrected chi connectivity index (χ2v) is 20.6. The second-order valence-electron chi connectivity index (χ2n) is 9.33. The van der Waals surface area contributed by atoms with Crippen LogP contribution in [0.4, 0.5) is 0 Å². The summed E-state index contributed by atoms with van der Waals surface area (Å²) >= 11 is 0. The van der Waals surface area contributed by atoms with Gasteiger partial charge in [0.2, 0.25) is 0 Å². The zero-order chi connectivity index (χ0) is 24.4. The molecular weight excluding hydrogens is 438 g/mol. The van der Waals surface area contributed by atoms with Crippen molar-refractivity contribution in [2.24, 2.45) is 0 Å². The van der Waals surface area contributed by atoms with Crippen LogP contribution in [-0.4, -0.2) is 37.0 Å². The van der Waals surface area contributed by atoms with Crippen molar-refractivity contribution in [1.29, 1.82) is 0 Å². The van der Waals surface area contributed by atoms with Crippen molar-refractivity contribution in [3.05, 3.63) is 31.5 Å². The molecule has 0 unspecified atom stereocenters. The maximum absolute atomic E-state index is 13.2. The molecule has 0 aliphatic carbocycles. The van der Waals surface area contributed by atoms with Gasteiger partial charge >= 0.3 is 17.1 Å². The summed E-state index contributed by atoms with van der Waals surface area (Å²) in [7, 11) is -1.20. The topological polar surface area (TPSA) is 75.2 Å². The number of methoxy groups -OCH3 is 1. The molecule has 0 aromatic carbocycles. The molecule has 32 heavy (non-hydrogen) atoms. The molecule has 1 aromatic heterocycles. The highest BCUT2D eigenvalue weighted by Gasteiger charge is 2.27. The van der Waals surface area contributed by atoms with Gasteiger partial charge in [0.15, 0.2) is 0 Å². The average molecular weight is 486 g/mol. The lowest BCUT2D eigenvalue weighted by atomic mass is 10.4. The monoisotopic (exact) mass is 485 g/mol. The van der Waals surface area contributed by atoms with E-state index in [0.29, 0.717) is 13.1 Å². The van der Waals surface area contributed by atoms with Crippen LogP contribution in [0.25, 0.3) is 0 Å². The summed E-state index contributed by atoms with van der Waals surface area (Å²) in [6, 6.07) is 9.54. The fourth-order valence-corrected chi connectivity index (χ4v) is 12.0. The van der Waals surface area contributed by atoms with Gasteiger partial charge in [-0.05, 0) is 12.8 Å². The Balaban J connectivity index is 3.22. The van der Waals surface area contributed by atoms with E-state index in [1.165, 1.54) is 52.5 Å². The van der Waals surface area contributed by atoms with Crippen molar-refractivity contribution in [3.63, 3.8) is 0 Å². The quantitative estimate of drug-likeness (QED) is 0.321. The minimum absolute atomic E-state index is 0.132. The van der Waals surface area contributed by atoms with Crippen molar-refractivity contribution in [3.8, 4) is 0 Å². The molecule has 1 aromatic rings. The van der Waals surface area contributed by atoms with E-state index in [2.05, 4.69) is 41.5 Å². The molecule has 0 radical (unpaired) electrons. The van der Waals surface area contributed by atoms with E-state index >= 15 is 0 Å². The lowest BCUT2D eigenvalue weighted by molar-refractivity contribution is 0.118. The van der Waals surface area contributed by atoms with E-state index in [-0.39, 0.29) is 6.73 Å². The summed E-state index contributed by atoms with van der Waals surface area (Å²) in [4.78, 5) is 39.1. The Hall–Kier alpha value is -1.20. The highest BCUT2D eigenvalue weighted by molar-refractivity contribution is 6.80. The molecule has 0 bridgehead atoms. The second kappa shape index (κ2) is 13.5. The lowest BCUT2D eigenvalue weighted by Gasteiger charge is -2.28. The van der Waals surface area contributed by atoms with Gasteiger partial charge < -0.3 is 4.74 Å². The van der Waals surface area contributed by atoms with Crippen LogP contribution in [0.1, 0.15) is 54.4 Å². The lowest BCUT2D eigenvalue weighted by Crippen LogP contribution is -2.55. The van der Waals surface area contributed by atoms with Gasteiger partial charge in [-0.3, -0.25) is 0 Å². The molecule has 0 aliphatic rings. The van der Waals surface area contributed by atoms with Gasteiger partial charge in [0.1, 0.15) is 6.73 Å². The molecule has 0 spiro atoms. The number of hydrogen-bond acceptors (Lipinski definition) is 4. The molecule has 0 amide bonds. The SMILES string of the molecule is CC[Si](CC)(CC)CCCn1c(=O)n(CCC[Si](CC)(CC)CC)c(=O)n(COC)c1=O. The molecule has 0 saturated heterocycles. The van der Waals surface area contributed by atoms with Crippen molar-refractivity contribution < 1.29 is 4.74 Å². The van der Waals surface area contributed by atoms with Crippen molar-refractivity contribution in [2.45, 2.75) is 123 Å². The van der Waals surface area contributed by atoms with Gasteiger partial charge in [-0.1, -0.05) is 89.9 Å². The molecule has 0 N–H and O–H groups in total. The van der Waals surface area contributed by atoms with Crippen LogP contribution < -0.4 is 17.1 Å². The molecule has 7 nitrogen and oxygen atoms in total. The van der Waals surface area contributed by atoms with Crippen molar-refractivity contribution in [2.75, 3.05) is 7.11 Å². The van der Waals surface area contributed by atoms with E-state index < -0.39 is 33.2 Å². The molecule has 0 saturated carbocycles. The molecule has 0 fully saturated rings. The molecule has 1 rings (SSSR count). The minimum atomic E-state index is -1.33. The maximum atomic E-state index is 13.2. The van der Waals surface area contributed by atoms with Crippen LogP contribution in [0.2, 0.25) is 48.4 Å². The third-order valence-electron chi connectivity index (χ3n) is 8.32. The van der Waals surface area contributed by atoms with Gasteiger partial charge in [-0.25, -0.2) is 28.1 Å². The third-order valence-corrected chi connectivity index (χ3v) is 20.1. The third kappa shape index (κ3) is 6.66. The fourth-order valence-electron chi connectivity index (χ4n) is 5.09. The normalized spacial score (nSPS) is 12.5. The van der Waals surface area contributed by atoms with Crippen LogP contribution in [0.3, 0.4) is 0 Å². The first-order chi connectivity index (χ1) is 15.2. The Morgan fingerprint density at radius 1 is 0.594 bits per heavy atom. The summed E-state index contributed by atoms with van der Waals surface area (Å²) in [6.45, 7) is 14.2. The van der Waals surface area contributed by atoms with Gasteiger partial charge in [0.25, 0.3) is 0 Å². The Bertz CT molecular complexity index is 787. The molecule has 0 aliphatic heterocycles. The largest absolute Gasteiger partial charge is 0.364 e. The average Bonchev–Trinajstić information content (AvgIpc) is 2.82. The van der Waals surface area contributed by atoms with E-state index in [1.807, 2.05) is 0 Å². The summed E-state index contributed by atoms with van der Waals surface area (Å²) in [5.41, 5.74) is -1.55. The van der Waals surface area contributed by atoms with E-state index in [1.54, 1.807) is 0 Å². The maximum Gasteiger partial charge on any atom is 0.338 e. The first-order valence-corrected chi connectivity index (χ1v) is 18.3. The standard InChI is InChI=1S/C23H47N3O4Si2/c1-8-31(9-2,10-3)18-14-16-24-21(27)25(23(29)26(20-30-7)22(24)28)17-15-19-32(11-4,12-5)13-6/h8-20H2,1-7H3. The smallest absolute Gasteiger partial charge is 0.338 e. The Kier molecular flexibility index (Phi) is 12.2. The molecule has 0 atom stereocenters. The first-order valence-electron chi connectivity index (χ1n) is 12.7. The summed E-state index contributed by atoms with van der Waals surface area (Å²) in [6.07, 6.45) is 1.61. The Morgan fingerprint density at radius 2 is 0.906 bits per heavy atom. The van der Waals surface area contributed by atoms with Gasteiger partial charge in [-0.15, -0.1) is 0 Å². The van der Waals surface area contributed by atoms with Crippen molar-refractivity contribution >= 4 is 16.1 Å². The van der Waals surface area contributed by atoms with Gasteiger partial charge in [0.05, 0.1) is 16.1 Å². The van der Waals surface area contributed by atoms with Crippen LogP contribution >= 0.6 is 0 Å². The Morgan fingerprint density at radius 3 is 1.19 bits per heavy atom. The van der Waals surface area contributed by atoms with Crippen LogP contribution in [0, 0.1) is 0 Å².